The highest BCUT2D eigenvalue weighted by Gasteiger charge is 2.12. The monoisotopic (exact) mass is 290 g/mol. The number of nitrogens with zero attached hydrogens (tertiary/aromatic N) is 3. The van der Waals surface area contributed by atoms with Crippen molar-refractivity contribution in [1.82, 2.24) is 20.3 Å². The zero-order valence-corrected chi connectivity index (χ0v) is 12.5. The number of aryl methyl sites for hydroxylation is 2. The van der Waals surface area contributed by atoms with Crippen LogP contribution < -0.4 is 5.32 Å². The third-order valence-corrected chi connectivity index (χ3v) is 3.90. The molecule has 6 heteroatoms. The first kappa shape index (κ1) is 14.6. The van der Waals surface area contributed by atoms with Gasteiger partial charge in [-0.25, -0.2) is 15.0 Å². The fourth-order valence-electron chi connectivity index (χ4n) is 1.84. The number of rotatable bonds is 6. The van der Waals surface area contributed by atoms with Gasteiger partial charge in [0.2, 0.25) is 0 Å². The van der Waals surface area contributed by atoms with Crippen molar-refractivity contribution in [2.24, 2.45) is 0 Å². The summed E-state index contributed by atoms with van der Waals surface area (Å²) in [5.74, 6) is -0.139. The smallest absolute Gasteiger partial charge is 0.255 e. The number of carbonyl (C=O) groups excluding carboxylic acids is 1. The van der Waals surface area contributed by atoms with E-state index in [1.54, 1.807) is 17.5 Å². The summed E-state index contributed by atoms with van der Waals surface area (Å²) in [7, 11) is 0. The fourth-order valence-corrected chi connectivity index (χ4v) is 2.58. The van der Waals surface area contributed by atoms with Crippen LogP contribution in [0.15, 0.2) is 17.9 Å². The van der Waals surface area contributed by atoms with Crippen LogP contribution in [0.4, 0.5) is 0 Å². The van der Waals surface area contributed by atoms with E-state index in [0.29, 0.717) is 12.1 Å². The number of thiazole rings is 1. The van der Waals surface area contributed by atoms with Gasteiger partial charge >= 0.3 is 0 Å². The molecule has 0 atom stereocenters. The minimum absolute atomic E-state index is 0.139. The minimum atomic E-state index is -0.139. The molecule has 0 saturated heterocycles. The van der Waals surface area contributed by atoms with Crippen molar-refractivity contribution in [2.75, 3.05) is 0 Å². The maximum atomic E-state index is 12.2. The first-order valence-electron chi connectivity index (χ1n) is 6.75. The minimum Gasteiger partial charge on any atom is -0.346 e. The molecule has 2 aromatic rings. The summed E-state index contributed by atoms with van der Waals surface area (Å²) in [5, 5.41) is 5.94. The quantitative estimate of drug-likeness (QED) is 0.887. The van der Waals surface area contributed by atoms with Crippen molar-refractivity contribution in [1.29, 1.82) is 0 Å². The predicted octanol–water partition coefficient (Wildman–Crippen LogP) is 2.38. The molecule has 2 rings (SSSR count). The topological polar surface area (TPSA) is 67.8 Å². The summed E-state index contributed by atoms with van der Waals surface area (Å²) in [6, 6.07) is 0. The van der Waals surface area contributed by atoms with E-state index in [4.69, 9.17) is 0 Å². The number of hydrogen-bond donors (Lipinski definition) is 1. The molecule has 0 saturated carbocycles. The summed E-state index contributed by atoms with van der Waals surface area (Å²) in [5.41, 5.74) is 2.25. The van der Waals surface area contributed by atoms with E-state index in [0.717, 1.165) is 35.7 Å². The molecule has 0 unspecified atom stereocenters. The van der Waals surface area contributed by atoms with E-state index in [2.05, 4.69) is 34.1 Å². The van der Waals surface area contributed by atoms with Crippen molar-refractivity contribution < 1.29 is 4.79 Å². The van der Waals surface area contributed by atoms with Gasteiger partial charge in [-0.15, -0.1) is 11.3 Å². The lowest BCUT2D eigenvalue weighted by molar-refractivity contribution is 0.0948. The Hall–Kier alpha value is -1.82. The first-order chi connectivity index (χ1) is 9.74. The normalized spacial score (nSPS) is 10.5. The molecule has 0 radical (unpaired) electrons. The van der Waals surface area contributed by atoms with Crippen LogP contribution in [-0.4, -0.2) is 20.9 Å². The molecular weight excluding hydrogens is 272 g/mol. The van der Waals surface area contributed by atoms with Gasteiger partial charge in [-0.3, -0.25) is 4.79 Å². The predicted molar refractivity (Wildman–Crippen MR) is 78.7 cm³/mol. The van der Waals surface area contributed by atoms with Crippen molar-refractivity contribution >= 4 is 17.2 Å². The first-order valence-corrected chi connectivity index (χ1v) is 7.62. The van der Waals surface area contributed by atoms with Crippen LogP contribution in [0.3, 0.4) is 0 Å². The van der Waals surface area contributed by atoms with E-state index in [1.165, 1.54) is 6.33 Å². The molecular formula is C14H18N4OS. The number of nitrogens with one attached hydrogen (secondary N) is 1. The van der Waals surface area contributed by atoms with Crippen LogP contribution >= 0.6 is 11.3 Å². The second-order valence-electron chi connectivity index (χ2n) is 4.40. The molecule has 1 amide bonds. The Labute approximate surface area is 122 Å². The maximum Gasteiger partial charge on any atom is 0.255 e. The van der Waals surface area contributed by atoms with Crippen molar-refractivity contribution in [3.63, 3.8) is 0 Å². The largest absolute Gasteiger partial charge is 0.346 e. The van der Waals surface area contributed by atoms with Gasteiger partial charge in [-0.2, -0.15) is 0 Å². The van der Waals surface area contributed by atoms with Gasteiger partial charge in [-0.05, 0) is 12.8 Å². The van der Waals surface area contributed by atoms with E-state index in [-0.39, 0.29) is 5.91 Å². The second-order valence-corrected chi connectivity index (χ2v) is 5.34. The number of aromatic nitrogens is 3. The Morgan fingerprint density at radius 1 is 1.40 bits per heavy atom. The number of hydrogen-bond acceptors (Lipinski definition) is 5. The van der Waals surface area contributed by atoms with E-state index >= 15 is 0 Å². The number of amides is 1. The average Bonchev–Trinajstić information content (AvgIpc) is 2.94. The fraction of sp³-hybridized carbons (Fsp3) is 0.429. The molecule has 0 fully saturated rings. The van der Waals surface area contributed by atoms with Crippen LogP contribution in [0.1, 0.15) is 47.0 Å². The Kier molecular flexibility index (Phi) is 5.17. The van der Waals surface area contributed by atoms with Gasteiger partial charge in [0, 0.05) is 11.6 Å². The molecule has 5 nitrogen and oxygen atoms in total. The third kappa shape index (κ3) is 3.60. The summed E-state index contributed by atoms with van der Waals surface area (Å²) in [6.45, 7) is 4.57. The molecule has 0 aromatic carbocycles. The van der Waals surface area contributed by atoms with E-state index in [1.807, 2.05) is 5.38 Å². The number of carbonyl (C=O) groups is 1. The summed E-state index contributed by atoms with van der Waals surface area (Å²) in [6.07, 6.45) is 5.71. The summed E-state index contributed by atoms with van der Waals surface area (Å²) < 4.78 is 0. The van der Waals surface area contributed by atoms with Gasteiger partial charge in [0.25, 0.3) is 5.91 Å². The lowest BCUT2D eigenvalue weighted by Gasteiger charge is -2.07. The Balaban J connectivity index is 2.01. The van der Waals surface area contributed by atoms with Gasteiger partial charge in [0.05, 0.1) is 28.5 Å². The zero-order valence-electron chi connectivity index (χ0n) is 11.7. The lowest BCUT2D eigenvalue weighted by Crippen LogP contribution is -2.24. The lowest BCUT2D eigenvalue weighted by atomic mass is 10.1. The van der Waals surface area contributed by atoms with E-state index < -0.39 is 0 Å². The zero-order chi connectivity index (χ0) is 14.4. The highest BCUT2D eigenvalue weighted by atomic mass is 32.1. The van der Waals surface area contributed by atoms with Crippen LogP contribution in [0.2, 0.25) is 0 Å². The van der Waals surface area contributed by atoms with Crippen LogP contribution in [-0.2, 0) is 19.4 Å². The molecule has 0 aliphatic rings. The van der Waals surface area contributed by atoms with Crippen LogP contribution in [0.25, 0.3) is 0 Å². The highest BCUT2D eigenvalue weighted by Crippen LogP contribution is 2.11. The second kappa shape index (κ2) is 7.09. The standard InChI is InChI=1S/C14H18N4OS/c1-3-5-12-11(7-15-9-17-12)14(19)16-6-10-8-20-13(4-2)18-10/h7-9H,3-6H2,1-2H3,(H,16,19). The highest BCUT2D eigenvalue weighted by molar-refractivity contribution is 7.09. The van der Waals surface area contributed by atoms with Gasteiger partial charge in [0.1, 0.15) is 6.33 Å². The molecule has 0 bridgehead atoms. The molecule has 2 aromatic heterocycles. The van der Waals surface area contributed by atoms with Crippen molar-refractivity contribution in [2.45, 2.75) is 39.7 Å². The van der Waals surface area contributed by atoms with Gasteiger partial charge in [0.15, 0.2) is 0 Å². The Morgan fingerprint density at radius 3 is 2.95 bits per heavy atom. The van der Waals surface area contributed by atoms with Gasteiger partial charge < -0.3 is 5.32 Å². The van der Waals surface area contributed by atoms with Crippen LogP contribution in [0.5, 0.6) is 0 Å². The Bertz CT molecular complexity index is 582. The molecule has 0 spiro atoms. The van der Waals surface area contributed by atoms with Crippen LogP contribution in [0, 0.1) is 0 Å². The molecule has 0 aliphatic heterocycles. The maximum absolute atomic E-state index is 12.2. The van der Waals surface area contributed by atoms with Crippen molar-refractivity contribution in [3.8, 4) is 0 Å². The average molecular weight is 290 g/mol. The molecule has 1 N–H and O–H groups in total. The molecule has 20 heavy (non-hydrogen) atoms. The molecule has 106 valence electrons. The molecule has 0 aliphatic carbocycles. The summed E-state index contributed by atoms with van der Waals surface area (Å²) in [4.78, 5) is 24.7. The Morgan fingerprint density at radius 2 is 2.25 bits per heavy atom. The SMILES string of the molecule is CCCc1ncncc1C(=O)NCc1csc(CC)n1. The third-order valence-electron chi connectivity index (χ3n) is 2.86. The van der Waals surface area contributed by atoms with E-state index in [9.17, 15) is 4.79 Å². The summed E-state index contributed by atoms with van der Waals surface area (Å²) >= 11 is 1.62. The van der Waals surface area contributed by atoms with Gasteiger partial charge in [-0.1, -0.05) is 20.3 Å². The van der Waals surface area contributed by atoms with Crippen molar-refractivity contribution in [3.05, 3.63) is 39.9 Å². The molecule has 2 heterocycles.